The number of halogens is 3. The van der Waals surface area contributed by atoms with Gasteiger partial charge in [-0.25, -0.2) is 4.39 Å². The Labute approximate surface area is 171 Å². The predicted octanol–water partition coefficient (Wildman–Crippen LogP) is 5.21. The maximum atomic E-state index is 12.9. The van der Waals surface area contributed by atoms with Crippen LogP contribution in [-0.4, -0.2) is 27.6 Å². The van der Waals surface area contributed by atoms with Crippen molar-refractivity contribution in [1.29, 1.82) is 0 Å². The lowest BCUT2D eigenvalue weighted by Gasteiger charge is -2.03. The summed E-state index contributed by atoms with van der Waals surface area (Å²) in [4.78, 5) is 24.3. The number of carbonyl (C=O) groups excluding carboxylic acids is 2. The van der Waals surface area contributed by atoms with Crippen LogP contribution in [0.5, 0.6) is 0 Å². The highest BCUT2D eigenvalue weighted by molar-refractivity contribution is 8.01. The summed E-state index contributed by atoms with van der Waals surface area (Å²) in [7, 11) is 0. The van der Waals surface area contributed by atoms with Crippen LogP contribution in [0, 0.1) is 5.82 Å². The van der Waals surface area contributed by atoms with E-state index in [-0.39, 0.29) is 27.3 Å². The number of rotatable bonds is 6. The first kappa shape index (κ1) is 19.8. The van der Waals surface area contributed by atoms with E-state index in [9.17, 15) is 14.0 Å². The molecule has 0 saturated carbocycles. The number of amides is 1. The van der Waals surface area contributed by atoms with Crippen LogP contribution in [0.15, 0.2) is 46.8 Å². The van der Waals surface area contributed by atoms with E-state index >= 15 is 0 Å². The summed E-state index contributed by atoms with van der Waals surface area (Å²) < 4.78 is 13.4. The van der Waals surface area contributed by atoms with Crippen molar-refractivity contribution >= 4 is 63.1 Å². The standard InChI is InChI=1S/C17H10Cl2FN3O2S2/c18-10-3-6-12(13(19)7-10)15(25)21-16-22-23-17(27-16)26-8-14(24)9-1-4-11(20)5-2-9/h1-7H,8H2,(H,21,22,25). The maximum Gasteiger partial charge on any atom is 0.259 e. The molecule has 1 aromatic heterocycles. The Morgan fingerprint density at radius 1 is 1.11 bits per heavy atom. The highest BCUT2D eigenvalue weighted by Gasteiger charge is 2.15. The van der Waals surface area contributed by atoms with Gasteiger partial charge in [-0.2, -0.15) is 0 Å². The molecule has 1 N–H and O–H groups in total. The summed E-state index contributed by atoms with van der Waals surface area (Å²) in [5.74, 6) is -0.873. The number of carbonyl (C=O) groups is 2. The largest absolute Gasteiger partial charge is 0.296 e. The van der Waals surface area contributed by atoms with Gasteiger partial charge in [-0.15, -0.1) is 10.2 Å². The molecule has 0 spiro atoms. The molecule has 0 aliphatic carbocycles. The number of ketones is 1. The van der Waals surface area contributed by atoms with Crippen LogP contribution in [-0.2, 0) is 0 Å². The van der Waals surface area contributed by atoms with Crippen LogP contribution in [0.4, 0.5) is 9.52 Å². The number of aromatic nitrogens is 2. The average molecular weight is 442 g/mol. The van der Waals surface area contributed by atoms with Crippen molar-refractivity contribution in [3.05, 3.63) is 69.5 Å². The van der Waals surface area contributed by atoms with E-state index in [0.717, 1.165) is 11.3 Å². The Kier molecular flexibility index (Phi) is 6.43. The van der Waals surface area contributed by atoms with E-state index in [2.05, 4.69) is 15.5 Å². The molecule has 0 fully saturated rings. The number of Topliss-reactive ketones (excluding diaryl/α,β-unsaturated/α-hetero) is 1. The molecule has 3 aromatic rings. The second kappa shape index (κ2) is 8.79. The van der Waals surface area contributed by atoms with Gasteiger partial charge in [-0.3, -0.25) is 14.9 Å². The van der Waals surface area contributed by atoms with E-state index in [1.54, 1.807) is 6.07 Å². The summed E-state index contributed by atoms with van der Waals surface area (Å²) in [5, 5.41) is 11.3. The number of benzene rings is 2. The molecule has 0 aliphatic heterocycles. The Balaban J connectivity index is 1.59. The van der Waals surface area contributed by atoms with Crippen LogP contribution in [0.1, 0.15) is 20.7 Å². The van der Waals surface area contributed by atoms with Gasteiger partial charge in [-0.1, -0.05) is 46.3 Å². The van der Waals surface area contributed by atoms with Crippen LogP contribution in [0.25, 0.3) is 0 Å². The van der Waals surface area contributed by atoms with Crippen molar-refractivity contribution in [3.63, 3.8) is 0 Å². The predicted molar refractivity (Wildman–Crippen MR) is 106 cm³/mol. The van der Waals surface area contributed by atoms with Crippen molar-refractivity contribution in [3.8, 4) is 0 Å². The maximum absolute atomic E-state index is 12.9. The minimum Gasteiger partial charge on any atom is -0.296 e. The van der Waals surface area contributed by atoms with Gasteiger partial charge in [0.05, 0.1) is 16.3 Å². The summed E-state index contributed by atoms with van der Waals surface area (Å²) in [5.41, 5.74) is 0.677. The molecule has 0 atom stereocenters. The van der Waals surface area contributed by atoms with Gasteiger partial charge >= 0.3 is 0 Å². The highest BCUT2D eigenvalue weighted by atomic mass is 35.5. The van der Waals surface area contributed by atoms with Gasteiger partial charge in [-0.05, 0) is 42.5 Å². The van der Waals surface area contributed by atoms with E-state index in [4.69, 9.17) is 23.2 Å². The molecule has 0 unspecified atom stereocenters. The van der Waals surface area contributed by atoms with Gasteiger partial charge in [0.15, 0.2) is 10.1 Å². The first-order chi connectivity index (χ1) is 12.9. The minimum absolute atomic E-state index is 0.122. The zero-order valence-electron chi connectivity index (χ0n) is 13.4. The highest BCUT2D eigenvalue weighted by Crippen LogP contribution is 2.27. The molecule has 138 valence electrons. The fourth-order valence-corrected chi connectivity index (χ4v) is 4.14. The first-order valence-corrected chi connectivity index (χ1v) is 9.99. The van der Waals surface area contributed by atoms with E-state index in [1.807, 2.05) is 0 Å². The van der Waals surface area contributed by atoms with Crippen molar-refractivity contribution in [2.24, 2.45) is 0 Å². The minimum atomic E-state index is -0.438. The number of thioether (sulfide) groups is 1. The number of nitrogens with zero attached hydrogens (tertiary/aromatic N) is 2. The van der Waals surface area contributed by atoms with Gasteiger partial charge in [0.25, 0.3) is 5.91 Å². The summed E-state index contributed by atoms with van der Waals surface area (Å²) >= 11 is 14.1. The molecule has 0 saturated heterocycles. The summed E-state index contributed by atoms with van der Waals surface area (Å²) in [6, 6.07) is 9.87. The zero-order chi connectivity index (χ0) is 19.4. The van der Waals surface area contributed by atoms with Gasteiger partial charge in [0.1, 0.15) is 5.82 Å². The van der Waals surface area contributed by atoms with E-state index in [0.29, 0.717) is 14.9 Å². The number of anilines is 1. The Morgan fingerprint density at radius 3 is 2.56 bits per heavy atom. The quantitative estimate of drug-likeness (QED) is 0.322. The molecule has 3 rings (SSSR count). The Morgan fingerprint density at radius 2 is 1.85 bits per heavy atom. The first-order valence-electron chi connectivity index (χ1n) is 7.44. The fourth-order valence-electron chi connectivity index (χ4n) is 2.00. The molecule has 10 heteroatoms. The lowest BCUT2D eigenvalue weighted by Crippen LogP contribution is -2.12. The van der Waals surface area contributed by atoms with Gasteiger partial charge in [0, 0.05) is 10.6 Å². The number of nitrogens with one attached hydrogen (secondary N) is 1. The molecule has 0 bridgehead atoms. The SMILES string of the molecule is O=C(CSc1nnc(NC(=O)c2ccc(Cl)cc2Cl)s1)c1ccc(F)cc1. The van der Waals surface area contributed by atoms with Gasteiger partial charge < -0.3 is 0 Å². The van der Waals surface area contributed by atoms with Crippen molar-refractivity contribution < 1.29 is 14.0 Å². The topological polar surface area (TPSA) is 72.0 Å². The summed E-state index contributed by atoms with van der Waals surface area (Å²) in [6.07, 6.45) is 0. The molecule has 1 amide bonds. The van der Waals surface area contributed by atoms with Crippen molar-refractivity contribution in [2.75, 3.05) is 11.1 Å². The third kappa shape index (κ3) is 5.26. The third-order valence-electron chi connectivity index (χ3n) is 3.30. The zero-order valence-corrected chi connectivity index (χ0v) is 16.6. The summed E-state index contributed by atoms with van der Waals surface area (Å²) in [6.45, 7) is 0. The second-order valence-corrected chi connectivity index (χ2v) is 8.21. The molecule has 2 aromatic carbocycles. The lowest BCUT2D eigenvalue weighted by molar-refractivity contribution is 0.101. The second-order valence-electron chi connectivity index (χ2n) is 5.17. The monoisotopic (exact) mass is 441 g/mol. The molecular formula is C17H10Cl2FN3O2S2. The van der Waals surface area contributed by atoms with Gasteiger partial charge in [0.2, 0.25) is 5.13 Å². The number of hydrogen-bond donors (Lipinski definition) is 1. The molecule has 0 aliphatic rings. The van der Waals surface area contributed by atoms with Crippen molar-refractivity contribution in [2.45, 2.75) is 4.34 Å². The Bertz CT molecular complexity index is 996. The molecule has 0 radical (unpaired) electrons. The van der Waals surface area contributed by atoms with Crippen molar-refractivity contribution in [1.82, 2.24) is 10.2 Å². The smallest absolute Gasteiger partial charge is 0.259 e. The number of hydrogen-bond acceptors (Lipinski definition) is 6. The molecular weight excluding hydrogens is 432 g/mol. The van der Waals surface area contributed by atoms with Crippen LogP contribution >= 0.6 is 46.3 Å². The van der Waals surface area contributed by atoms with Crippen LogP contribution in [0.3, 0.4) is 0 Å². The Hall–Kier alpha value is -2.00. The lowest BCUT2D eigenvalue weighted by atomic mass is 10.1. The molecule has 27 heavy (non-hydrogen) atoms. The van der Waals surface area contributed by atoms with E-state index < -0.39 is 11.7 Å². The van der Waals surface area contributed by atoms with Crippen LogP contribution in [0.2, 0.25) is 10.0 Å². The van der Waals surface area contributed by atoms with E-state index in [1.165, 1.54) is 48.2 Å². The van der Waals surface area contributed by atoms with Crippen LogP contribution < -0.4 is 5.32 Å². The fraction of sp³-hybridized carbons (Fsp3) is 0.0588. The molecule has 5 nitrogen and oxygen atoms in total. The normalized spacial score (nSPS) is 10.6. The third-order valence-corrected chi connectivity index (χ3v) is 5.82. The molecule has 1 heterocycles. The average Bonchev–Trinajstić information content (AvgIpc) is 3.07.